The van der Waals surface area contributed by atoms with Crippen molar-refractivity contribution in [2.75, 3.05) is 5.32 Å². The van der Waals surface area contributed by atoms with Gasteiger partial charge in [0.2, 0.25) is 0 Å². The van der Waals surface area contributed by atoms with Crippen LogP contribution in [0.4, 0.5) is 10.1 Å². The number of anilines is 1. The molecule has 7 heteroatoms. The summed E-state index contributed by atoms with van der Waals surface area (Å²) in [6.07, 6.45) is 0. The van der Waals surface area contributed by atoms with Crippen LogP contribution in [0.5, 0.6) is 0 Å². The maximum atomic E-state index is 13.2. The number of carbonyl (C=O) groups excluding carboxylic acids is 1. The fraction of sp³-hybridized carbons (Fsp3) is 0.0714. The molecule has 1 amide bonds. The smallest absolute Gasteiger partial charge is 0.337 e. The zero-order valence-corrected chi connectivity index (χ0v) is 11.6. The molecule has 2 aromatic rings. The third kappa shape index (κ3) is 3.55. The second-order valence-corrected chi connectivity index (χ2v) is 4.66. The summed E-state index contributed by atoms with van der Waals surface area (Å²) in [5.74, 6) is -2.52. The van der Waals surface area contributed by atoms with E-state index in [1.165, 1.54) is 12.1 Å². The number of hydrogen-bond acceptors (Lipinski definition) is 3. The highest BCUT2D eigenvalue weighted by Gasteiger charge is 2.15. The number of carboxylic acids is 1. The minimum atomic E-state index is -1.27. The van der Waals surface area contributed by atoms with Crippen molar-refractivity contribution in [3.63, 3.8) is 0 Å². The standard InChI is InChI=1S/C14H10ClFN2O3/c1-7-4-8(5-12(15)17-7)13(19)18-11-6-9(16)2-3-10(11)14(20)21/h2-6H,1H3,(H,18,19)(H,20,21). The van der Waals surface area contributed by atoms with Gasteiger partial charge in [0.05, 0.1) is 11.3 Å². The van der Waals surface area contributed by atoms with Crippen molar-refractivity contribution in [2.45, 2.75) is 6.92 Å². The van der Waals surface area contributed by atoms with Crippen LogP contribution >= 0.6 is 11.6 Å². The predicted octanol–water partition coefficient (Wildman–Crippen LogP) is 3.13. The van der Waals surface area contributed by atoms with Gasteiger partial charge in [0.25, 0.3) is 5.91 Å². The lowest BCUT2D eigenvalue weighted by atomic mass is 10.1. The van der Waals surface area contributed by atoms with Crippen LogP contribution in [-0.4, -0.2) is 22.0 Å². The van der Waals surface area contributed by atoms with Crippen LogP contribution in [0, 0.1) is 12.7 Å². The molecule has 108 valence electrons. The lowest BCUT2D eigenvalue weighted by Crippen LogP contribution is -2.15. The van der Waals surface area contributed by atoms with Crippen molar-refractivity contribution in [1.82, 2.24) is 4.98 Å². The molecule has 0 saturated heterocycles. The highest BCUT2D eigenvalue weighted by atomic mass is 35.5. The molecule has 2 rings (SSSR count). The molecule has 1 aromatic carbocycles. The Bertz CT molecular complexity index is 714. The first-order valence-electron chi connectivity index (χ1n) is 5.85. The quantitative estimate of drug-likeness (QED) is 0.854. The summed E-state index contributed by atoms with van der Waals surface area (Å²) in [6, 6.07) is 5.85. The summed E-state index contributed by atoms with van der Waals surface area (Å²) in [7, 11) is 0. The highest BCUT2D eigenvalue weighted by molar-refractivity contribution is 6.29. The fourth-order valence-corrected chi connectivity index (χ4v) is 2.01. The van der Waals surface area contributed by atoms with Crippen LogP contribution in [0.15, 0.2) is 30.3 Å². The second-order valence-electron chi connectivity index (χ2n) is 4.27. The van der Waals surface area contributed by atoms with Crippen LogP contribution in [0.2, 0.25) is 5.15 Å². The number of carbonyl (C=O) groups is 2. The average molecular weight is 309 g/mol. The van der Waals surface area contributed by atoms with E-state index in [0.29, 0.717) is 5.69 Å². The first-order valence-corrected chi connectivity index (χ1v) is 6.23. The zero-order chi connectivity index (χ0) is 15.6. The van der Waals surface area contributed by atoms with Gasteiger partial charge < -0.3 is 10.4 Å². The summed E-state index contributed by atoms with van der Waals surface area (Å²) in [5.41, 5.74) is 0.401. The van der Waals surface area contributed by atoms with E-state index in [4.69, 9.17) is 16.7 Å². The van der Waals surface area contributed by atoms with Crippen LogP contribution < -0.4 is 5.32 Å². The Kier molecular flexibility index (Phi) is 4.18. The summed E-state index contributed by atoms with van der Waals surface area (Å²) >= 11 is 5.76. The molecule has 1 aromatic heterocycles. The van der Waals surface area contributed by atoms with Gasteiger partial charge in [0.1, 0.15) is 11.0 Å². The monoisotopic (exact) mass is 308 g/mol. The van der Waals surface area contributed by atoms with Crippen molar-refractivity contribution >= 4 is 29.2 Å². The molecule has 0 radical (unpaired) electrons. The van der Waals surface area contributed by atoms with Crippen molar-refractivity contribution in [1.29, 1.82) is 0 Å². The Morgan fingerprint density at radius 2 is 2.00 bits per heavy atom. The fourth-order valence-electron chi connectivity index (χ4n) is 1.76. The number of rotatable bonds is 3. The molecule has 0 atom stereocenters. The number of aromatic carboxylic acids is 1. The number of aromatic nitrogens is 1. The van der Waals surface area contributed by atoms with Crippen molar-refractivity contribution in [3.05, 3.63) is 58.1 Å². The zero-order valence-electron chi connectivity index (χ0n) is 10.9. The number of pyridine rings is 1. The topological polar surface area (TPSA) is 79.3 Å². The number of nitrogens with one attached hydrogen (secondary N) is 1. The second kappa shape index (κ2) is 5.88. The number of carboxylic acid groups (broad SMARTS) is 1. The van der Waals surface area contributed by atoms with E-state index < -0.39 is 17.7 Å². The molecule has 1 heterocycles. The molecule has 5 nitrogen and oxygen atoms in total. The van der Waals surface area contributed by atoms with Gasteiger partial charge in [0, 0.05) is 11.3 Å². The van der Waals surface area contributed by atoms with Gasteiger partial charge in [-0.2, -0.15) is 0 Å². The summed E-state index contributed by atoms with van der Waals surface area (Å²) in [5, 5.41) is 11.5. The Hall–Kier alpha value is -2.47. The van der Waals surface area contributed by atoms with Gasteiger partial charge >= 0.3 is 5.97 Å². The van der Waals surface area contributed by atoms with E-state index in [0.717, 1.165) is 18.2 Å². The average Bonchev–Trinajstić information content (AvgIpc) is 2.37. The normalized spacial score (nSPS) is 10.2. The minimum Gasteiger partial charge on any atom is -0.478 e. The van der Waals surface area contributed by atoms with Crippen molar-refractivity contribution in [2.24, 2.45) is 0 Å². The highest BCUT2D eigenvalue weighted by Crippen LogP contribution is 2.19. The summed E-state index contributed by atoms with van der Waals surface area (Å²) in [4.78, 5) is 27.1. The molecule has 2 N–H and O–H groups in total. The molecule has 0 spiro atoms. The van der Waals surface area contributed by atoms with Crippen LogP contribution in [0.3, 0.4) is 0 Å². The van der Waals surface area contributed by atoms with Gasteiger partial charge in [-0.15, -0.1) is 0 Å². The lowest BCUT2D eigenvalue weighted by Gasteiger charge is -2.09. The van der Waals surface area contributed by atoms with E-state index in [9.17, 15) is 14.0 Å². The van der Waals surface area contributed by atoms with Crippen LogP contribution in [0.1, 0.15) is 26.4 Å². The molecule has 0 aliphatic heterocycles. The van der Waals surface area contributed by atoms with Gasteiger partial charge in [-0.1, -0.05) is 11.6 Å². The van der Waals surface area contributed by atoms with Crippen LogP contribution in [0.25, 0.3) is 0 Å². The summed E-state index contributed by atoms with van der Waals surface area (Å²) in [6.45, 7) is 1.66. The van der Waals surface area contributed by atoms with Crippen molar-refractivity contribution < 1.29 is 19.1 Å². The van der Waals surface area contributed by atoms with E-state index in [1.54, 1.807) is 6.92 Å². The molecular weight excluding hydrogens is 299 g/mol. The van der Waals surface area contributed by atoms with Gasteiger partial charge in [-0.05, 0) is 37.3 Å². The molecular formula is C14H10ClFN2O3. The van der Waals surface area contributed by atoms with E-state index >= 15 is 0 Å². The Morgan fingerprint density at radius 3 is 2.62 bits per heavy atom. The largest absolute Gasteiger partial charge is 0.478 e. The third-order valence-corrected chi connectivity index (χ3v) is 2.84. The molecule has 0 aliphatic carbocycles. The Labute approximate surface area is 124 Å². The number of nitrogens with zero attached hydrogens (tertiary/aromatic N) is 1. The van der Waals surface area contributed by atoms with Gasteiger partial charge in [-0.25, -0.2) is 14.2 Å². The maximum absolute atomic E-state index is 13.2. The van der Waals surface area contributed by atoms with Crippen LogP contribution in [-0.2, 0) is 0 Å². The first-order chi connectivity index (χ1) is 9.86. The molecule has 0 fully saturated rings. The van der Waals surface area contributed by atoms with E-state index in [-0.39, 0.29) is 22.0 Å². The molecule has 21 heavy (non-hydrogen) atoms. The number of amides is 1. The summed E-state index contributed by atoms with van der Waals surface area (Å²) < 4.78 is 13.2. The first kappa shape index (κ1) is 14.9. The maximum Gasteiger partial charge on any atom is 0.337 e. The molecule has 0 bridgehead atoms. The molecule has 0 saturated carbocycles. The number of hydrogen-bond donors (Lipinski definition) is 2. The van der Waals surface area contributed by atoms with Gasteiger partial charge in [-0.3, -0.25) is 4.79 Å². The predicted molar refractivity (Wildman–Crippen MR) is 75.3 cm³/mol. The Morgan fingerprint density at radius 1 is 1.29 bits per heavy atom. The number of benzene rings is 1. The minimum absolute atomic E-state index is 0.127. The Balaban J connectivity index is 2.35. The number of halogens is 2. The SMILES string of the molecule is Cc1cc(C(=O)Nc2cc(F)ccc2C(=O)O)cc(Cl)n1. The lowest BCUT2D eigenvalue weighted by molar-refractivity contribution is 0.0698. The third-order valence-electron chi connectivity index (χ3n) is 2.64. The van der Waals surface area contributed by atoms with Crippen molar-refractivity contribution in [3.8, 4) is 0 Å². The van der Waals surface area contributed by atoms with E-state index in [2.05, 4.69) is 10.3 Å². The molecule has 0 aliphatic rings. The molecule has 0 unspecified atom stereocenters. The van der Waals surface area contributed by atoms with Gasteiger partial charge in [0.15, 0.2) is 0 Å². The number of aryl methyl sites for hydroxylation is 1. The van der Waals surface area contributed by atoms with E-state index in [1.807, 2.05) is 0 Å².